The molecule has 1 aliphatic rings. The fourth-order valence-corrected chi connectivity index (χ4v) is 3.24. The van der Waals surface area contributed by atoms with Crippen molar-refractivity contribution in [2.45, 2.75) is 13.8 Å². The fraction of sp³-hybridized carbons (Fsp3) is 0.0800. The second-order valence-corrected chi connectivity index (χ2v) is 7.51. The number of carbonyl (C=O) groups excluding carboxylic acids is 3. The summed E-state index contributed by atoms with van der Waals surface area (Å²) in [4.78, 5) is 38.9. The fourth-order valence-electron chi connectivity index (χ4n) is 3.24. The van der Waals surface area contributed by atoms with E-state index < -0.39 is 17.8 Å². The molecule has 1 fully saturated rings. The monoisotopic (exact) mass is 440 g/mol. The van der Waals surface area contributed by atoms with E-state index in [0.29, 0.717) is 17.1 Å². The van der Waals surface area contributed by atoms with Crippen molar-refractivity contribution in [3.63, 3.8) is 0 Å². The number of hydrogen-bond donors (Lipinski definition) is 2. The Morgan fingerprint density at radius 3 is 2.30 bits per heavy atom. The molecule has 0 bridgehead atoms. The number of hydrogen-bond acceptors (Lipinski definition) is 6. The van der Waals surface area contributed by atoms with E-state index in [1.165, 1.54) is 18.2 Å². The van der Waals surface area contributed by atoms with Crippen LogP contribution in [0, 0.1) is 13.8 Å². The van der Waals surface area contributed by atoms with Crippen LogP contribution in [0.5, 0.6) is 5.75 Å². The van der Waals surface area contributed by atoms with Crippen LogP contribution in [0.15, 0.2) is 82.5 Å². The van der Waals surface area contributed by atoms with E-state index in [0.717, 1.165) is 16.0 Å². The molecule has 0 radical (unpaired) electrons. The Hall–Kier alpha value is -4.59. The van der Waals surface area contributed by atoms with Crippen LogP contribution in [0.3, 0.4) is 0 Å². The molecule has 1 heterocycles. The van der Waals surface area contributed by atoms with Gasteiger partial charge in [-0.2, -0.15) is 10.2 Å². The summed E-state index contributed by atoms with van der Waals surface area (Å²) in [5.74, 6) is -1.79. The van der Waals surface area contributed by atoms with E-state index in [1.54, 1.807) is 36.4 Å². The topological polar surface area (TPSA) is 111 Å². The number of phenols is 1. The Balaban J connectivity index is 1.69. The molecule has 2 N–H and O–H groups in total. The van der Waals surface area contributed by atoms with Gasteiger partial charge in [-0.25, -0.2) is 9.69 Å². The van der Waals surface area contributed by atoms with Crippen molar-refractivity contribution >= 4 is 41.0 Å². The van der Waals surface area contributed by atoms with Crippen LogP contribution >= 0.6 is 0 Å². The maximum atomic E-state index is 13.1. The zero-order chi connectivity index (χ0) is 23.5. The van der Waals surface area contributed by atoms with Crippen molar-refractivity contribution in [3.05, 3.63) is 89.0 Å². The third-order valence-corrected chi connectivity index (χ3v) is 5.20. The number of imide groups is 2. The molecule has 33 heavy (non-hydrogen) atoms. The Labute approximate surface area is 189 Å². The molecule has 4 amide bonds. The number of aromatic hydroxyl groups is 1. The summed E-state index contributed by atoms with van der Waals surface area (Å²) in [5.41, 5.74) is 3.19. The number of amides is 4. The van der Waals surface area contributed by atoms with Crippen molar-refractivity contribution in [3.8, 4) is 5.75 Å². The number of azo groups is 1. The minimum absolute atomic E-state index is 0.156. The first-order chi connectivity index (χ1) is 15.8. The van der Waals surface area contributed by atoms with Crippen LogP contribution in [0.25, 0.3) is 6.08 Å². The van der Waals surface area contributed by atoms with E-state index in [4.69, 9.17) is 0 Å². The predicted octanol–water partition coefficient (Wildman–Crippen LogP) is 5.09. The quantitative estimate of drug-likeness (QED) is 0.334. The maximum absolute atomic E-state index is 13.1. The van der Waals surface area contributed by atoms with Gasteiger partial charge in [0, 0.05) is 5.56 Å². The van der Waals surface area contributed by atoms with Gasteiger partial charge in [-0.05, 0) is 73.5 Å². The number of phenolic OH excluding ortho intramolecular Hbond substituents is 1. The molecule has 0 unspecified atom stereocenters. The normalized spacial score (nSPS) is 15.4. The van der Waals surface area contributed by atoms with Gasteiger partial charge in [0.25, 0.3) is 11.8 Å². The third kappa shape index (κ3) is 4.54. The molecule has 3 aromatic carbocycles. The predicted molar refractivity (Wildman–Crippen MR) is 124 cm³/mol. The summed E-state index contributed by atoms with van der Waals surface area (Å²) in [5, 5.41) is 20.7. The number of nitrogens with zero attached hydrogens (tertiary/aromatic N) is 3. The highest BCUT2D eigenvalue weighted by molar-refractivity contribution is 6.39. The standard InChI is InChI=1S/C25H20N4O4/c1-15-8-10-20(12-16(15)2)29-24(32)21(23(31)26-25(29)33)14-17-13-19(9-11-22(17)30)28-27-18-6-4-3-5-7-18/h3-14,30H,1-2H3,(H,26,31,33)/b21-14+,28-27?. The number of nitrogens with one attached hydrogen (secondary N) is 1. The van der Waals surface area contributed by atoms with E-state index in [-0.39, 0.29) is 16.9 Å². The first-order valence-electron chi connectivity index (χ1n) is 10.1. The molecule has 8 heteroatoms. The highest BCUT2D eigenvalue weighted by Crippen LogP contribution is 2.29. The number of barbiturate groups is 1. The van der Waals surface area contributed by atoms with E-state index in [9.17, 15) is 19.5 Å². The number of carbonyl (C=O) groups is 3. The van der Waals surface area contributed by atoms with Crippen LogP contribution in [-0.2, 0) is 9.59 Å². The average molecular weight is 440 g/mol. The molecule has 164 valence electrons. The summed E-state index contributed by atoms with van der Waals surface area (Å²) >= 11 is 0. The van der Waals surface area contributed by atoms with E-state index in [2.05, 4.69) is 15.5 Å². The minimum Gasteiger partial charge on any atom is -0.507 e. The van der Waals surface area contributed by atoms with Crippen LogP contribution < -0.4 is 10.2 Å². The highest BCUT2D eigenvalue weighted by atomic mass is 16.3. The maximum Gasteiger partial charge on any atom is 0.335 e. The lowest BCUT2D eigenvalue weighted by Gasteiger charge is -2.26. The minimum atomic E-state index is -0.846. The Bertz CT molecular complexity index is 1330. The van der Waals surface area contributed by atoms with Crippen molar-refractivity contribution in [1.82, 2.24) is 5.32 Å². The third-order valence-electron chi connectivity index (χ3n) is 5.20. The summed E-state index contributed by atoms with van der Waals surface area (Å²) in [7, 11) is 0. The van der Waals surface area contributed by atoms with Gasteiger partial charge < -0.3 is 5.11 Å². The van der Waals surface area contributed by atoms with Gasteiger partial charge in [0.05, 0.1) is 17.1 Å². The average Bonchev–Trinajstić information content (AvgIpc) is 2.79. The molecule has 4 rings (SSSR count). The zero-order valence-corrected chi connectivity index (χ0v) is 17.9. The van der Waals surface area contributed by atoms with Crippen molar-refractivity contribution in [2.75, 3.05) is 4.90 Å². The molecular formula is C25H20N4O4. The Morgan fingerprint density at radius 2 is 1.58 bits per heavy atom. The second kappa shape index (κ2) is 8.88. The second-order valence-electron chi connectivity index (χ2n) is 7.51. The smallest absolute Gasteiger partial charge is 0.335 e. The molecule has 0 atom stereocenters. The largest absolute Gasteiger partial charge is 0.507 e. The lowest BCUT2D eigenvalue weighted by Crippen LogP contribution is -2.54. The molecular weight excluding hydrogens is 420 g/mol. The summed E-state index contributed by atoms with van der Waals surface area (Å²) in [6.45, 7) is 3.78. The Kier molecular flexibility index (Phi) is 5.82. The lowest BCUT2D eigenvalue weighted by atomic mass is 10.0. The molecule has 1 aliphatic heterocycles. The summed E-state index contributed by atoms with van der Waals surface area (Å²) in [6.07, 6.45) is 1.23. The van der Waals surface area contributed by atoms with Crippen molar-refractivity contribution < 1.29 is 19.5 Å². The van der Waals surface area contributed by atoms with Crippen molar-refractivity contribution in [1.29, 1.82) is 0 Å². The van der Waals surface area contributed by atoms with Gasteiger partial charge in [0.2, 0.25) is 0 Å². The van der Waals surface area contributed by atoms with Crippen LogP contribution in [-0.4, -0.2) is 23.0 Å². The van der Waals surface area contributed by atoms with Crippen LogP contribution in [0.1, 0.15) is 16.7 Å². The highest BCUT2D eigenvalue weighted by Gasteiger charge is 2.37. The van der Waals surface area contributed by atoms with Gasteiger partial charge in [-0.1, -0.05) is 24.3 Å². The lowest BCUT2D eigenvalue weighted by molar-refractivity contribution is -0.122. The first-order valence-corrected chi connectivity index (χ1v) is 10.1. The summed E-state index contributed by atoms with van der Waals surface area (Å²) in [6, 6.07) is 17.8. The van der Waals surface area contributed by atoms with E-state index >= 15 is 0 Å². The van der Waals surface area contributed by atoms with Crippen molar-refractivity contribution in [2.24, 2.45) is 10.2 Å². The molecule has 3 aromatic rings. The van der Waals surface area contributed by atoms with Gasteiger partial charge in [-0.3, -0.25) is 14.9 Å². The molecule has 8 nitrogen and oxygen atoms in total. The zero-order valence-electron chi connectivity index (χ0n) is 17.9. The number of aryl methyl sites for hydroxylation is 2. The number of benzene rings is 3. The molecule has 0 saturated carbocycles. The number of anilines is 1. The van der Waals surface area contributed by atoms with E-state index in [1.807, 2.05) is 32.0 Å². The molecule has 0 aliphatic carbocycles. The SMILES string of the molecule is Cc1ccc(N2C(=O)NC(=O)/C(=C\c3cc(N=Nc4ccccc4)ccc3O)C2=O)cc1C. The van der Waals surface area contributed by atoms with Gasteiger partial charge in [-0.15, -0.1) is 0 Å². The molecule has 1 saturated heterocycles. The van der Waals surface area contributed by atoms with Gasteiger partial charge >= 0.3 is 6.03 Å². The van der Waals surface area contributed by atoms with Crippen LogP contribution in [0.4, 0.5) is 21.9 Å². The number of rotatable bonds is 4. The summed E-state index contributed by atoms with van der Waals surface area (Å²) < 4.78 is 0. The molecule has 0 spiro atoms. The van der Waals surface area contributed by atoms with Gasteiger partial charge in [0.1, 0.15) is 11.3 Å². The first kappa shape index (κ1) is 21.6. The van der Waals surface area contributed by atoms with Crippen LogP contribution in [0.2, 0.25) is 0 Å². The number of urea groups is 1. The Morgan fingerprint density at radius 1 is 0.848 bits per heavy atom. The molecule has 0 aromatic heterocycles. The van der Waals surface area contributed by atoms with Gasteiger partial charge in [0.15, 0.2) is 0 Å².